The lowest BCUT2D eigenvalue weighted by Gasteiger charge is -2.26. The van der Waals surface area contributed by atoms with Gasteiger partial charge in [-0.3, -0.25) is 4.68 Å². The Hall–Kier alpha value is -0.480. The van der Waals surface area contributed by atoms with Gasteiger partial charge in [0.25, 0.3) is 0 Å². The van der Waals surface area contributed by atoms with Crippen molar-refractivity contribution in [2.24, 2.45) is 0 Å². The first kappa shape index (κ1) is 13.9. The van der Waals surface area contributed by atoms with Crippen LogP contribution >= 0.6 is 11.8 Å². The van der Waals surface area contributed by atoms with Gasteiger partial charge in [0.1, 0.15) is 0 Å². The first-order chi connectivity index (χ1) is 8.65. The second-order valence-corrected chi connectivity index (χ2v) is 6.89. The smallest absolute Gasteiger partial charge is 0.0534 e. The molecule has 102 valence electrons. The van der Waals surface area contributed by atoms with Gasteiger partial charge in [0.05, 0.1) is 6.20 Å². The van der Waals surface area contributed by atoms with Crippen LogP contribution in [0.2, 0.25) is 0 Å². The molecule has 0 amide bonds. The predicted molar refractivity (Wildman–Crippen MR) is 79.0 cm³/mol. The number of rotatable bonds is 6. The van der Waals surface area contributed by atoms with Crippen LogP contribution in [0, 0.1) is 0 Å². The maximum Gasteiger partial charge on any atom is 0.0534 e. The van der Waals surface area contributed by atoms with Crippen LogP contribution in [0.15, 0.2) is 12.4 Å². The van der Waals surface area contributed by atoms with Gasteiger partial charge in [0.15, 0.2) is 0 Å². The molecule has 0 bridgehead atoms. The molecule has 0 aromatic carbocycles. The Kier molecular flexibility index (Phi) is 4.73. The molecule has 0 spiro atoms. The van der Waals surface area contributed by atoms with Crippen LogP contribution in [-0.2, 0) is 6.54 Å². The third-order valence-electron chi connectivity index (χ3n) is 3.91. The molecule has 1 saturated carbocycles. The third kappa shape index (κ3) is 3.29. The van der Waals surface area contributed by atoms with Crippen molar-refractivity contribution in [2.45, 2.75) is 56.9 Å². The Labute approximate surface area is 115 Å². The quantitative estimate of drug-likeness (QED) is 0.858. The van der Waals surface area contributed by atoms with E-state index in [-0.39, 0.29) is 0 Å². The fourth-order valence-electron chi connectivity index (χ4n) is 2.66. The zero-order valence-corrected chi connectivity index (χ0v) is 12.6. The standard InChI is InChI=1S/C14H25N3S/c1-12(2)17-10-13(9-16-17)8-15-11-14(18-3)6-4-5-7-14/h9-10,12,15H,4-8,11H2,1-3H3. The minimum atomic E-state index is 0.450. The summed E-state index contributed by atoms with van der Waals surface area (Å²) in [6.07, 6.45) is 11.9. The number of hydrogen-bond donors (Lipinski definition) is 1. The molecule has 1 aromatic rings. The summed E-state index contributed by atoms with van der Waals surface area (Å²) in [4.78, 5) is 0. The van der Waals surface area contributed by atoms with Crippen LogP contribution in [0.1, 0.15) is 51.1 Å². The topological polar surface area (TPSA) is 29.9 Å². The van der Waals surface area contributed by atoms with Crippen LogP contribution in [-0.4, -0.2) is 27.3 Å². The Morgan fingerprint density at radius 2 is 2.17 bits per heavy atom. The van der Waals surface area contributed by atoms with Gasteiger partial charge in [-0.2, -0.15) is 16.9 Å². The fourth-order valence-corrected chi connectivity index (χ4v) is 3.60. The maximum absolute atomic E-state index is 4.38. The Morgan fingerprint density at radius 3 is 2.72 bits per heavy atom. The molecule has 0 unspecified atom stereocenters. The number of aromatic nitrogens is 2. The van der Waals surface area contributed by atoms with E-state index in [1.807, 2.05) is 22.6 Å². The highest BCUT2D eigenvalue weighted by Gasteiger charge is 2.32. The third-order valence-corrected chi connectivity index (χ3v) is 5.33. The molecule has 0 atom stereocenters. The van der Waals surface area contributed by atoms with Gasteiger partial charge in [-0.15, -0.1) is 0 Å². The van der Waals surface area contributed by atoms with Gasteiger partial charge in [-0.05, 0) is 32.9 Å². The molecular formula is C14H25N3S. The van der Waals surface area contributed by atoms with Gasteiger partial charge in [-0.1, -0.05) is 12.8 Å². The SMILES string of the molecule is CSC1(CNCc2cnn(C(C)C)c2)CCCC1. The van der Waals surface area contributed by atoms with Crippen LogP contribution in [0.4, 0.5) is 0 Å². The van der Waals surface area contributed by atoms with E-state index in [9.17, 15) is 0 Å². The zero-order valence-electron chi connectivity index (χ0n) is 11.8. The molecule has 18 heavy (non-hydrogen) atoms. The summed E-state index contributed by atoms with van der Waals surface area (Å²) < 4.78 is 2.52. The number of thioether (sulfide) groups is 1. The molecule has 1 N–H and O–H groups in total. The van der Waals surface area contributed by atoms with Crippen molar-refractivity contribution >= 4 is 11.8 Å². The Morgan fingerprint density at radius 1 is 1.44 bits per heavy atom. The van der Waals surface area contributed by atoms with E-state index < -0.39 is 0 Å². The minimum absolute atomic E-state index is 0.450. The van der Waals surface area contributed by atoms with Gasteiger partial charge in [0, 0.05) is 35.6 Å². The summed E-state index contributed by atoms with van der Waals surface area (Å²) in [5, 5.41) is 7.99. The summed E-state index contributed by atoms with van der Waals surface area (Å²) in [6.45, 7) is 6.38. The van der Waals surface area contributed by atoms with Crippen molar-refractivity contribution in [1.82, 2.24) is 15.1 Å². The van der Waals surface area contributed by atoms with Crippen molar-refractivity contribution in [1.29, 1.82) is 0 Å². The molecular weight excluding hydrogens is 242 g/mol. The largest absolute Gasteiger partial charge is 0.311 e. The molecule has 1 aliphatic carbocycles. The van der Waals surface area contributed by atoms with Crippen LogP contribution < -0.4 is 5.32 Å². The van der Waals surface area contributed by atoms with Crippen LogP contribution in [0.25, 0.3) is 0 Å². The Balaban J connectivity index is 1.80. The molecule has 1 aliphatic rings. The number of nitrogens with zero attached hydrogens (tertiary/aromatic N) is 2. The average Bonchev–Trinajstić information content (AvgIpc) is 2.98. The van der Waals surface area contributed by atoms with E-state index >= 15 is 0 Å². The minimum Gasteiger partial charge on any atom is -0.311 e. The highest BCUT2D eigenvalue weighted by Crippen LogP contribution is 2.39. The lowest BCUT2D eigenvalue weighted by atomic mass is 10.1. The monoisotopic (exact) mass is 267 g/mol. The maximum atomic E-state index is 4.38. The van der Waals surface area contributed by atoms with Crippen molar-refractivity contribution in [3.05, 3.63) is 18.0 Å². The highest BCUT2D eigenvalue weighted by atomic mass is 32.2. The van der Waals surface area contributed by atoms with Crippen molar-refractivity contribution < 1.29 is 0 Å². The van der Waals surface area contributed by atoms with E-state index in [0.717, 1.165) is 13.1 Å². The number of nitrogens with one attached hydrogen (secondary N) is 1. The van der Waals surface area contributed by atoms with Gasteiger partial charge >= 0.3 is 0 Å². The van der Waals surface area contributed by atoms with Crippen molar-refractivity contribution in [3.8, 4) is 0 Å². The molecule has 0 radical (unpaired) electrons. The summed E-state index contributed by atoms with van der Waals surface area (Å²) in [7, 11) is 0. The zero-order chi connectivity index (χ0) is 13.0. The summed E-state index contributed by atoms with van der Waals surface area (Å²) in [5.74, 6) is 0. The molecule has 4 heteroatoms. The fraction of sp³-hybridized carbons (Fsp3) is 0.786. The predicted octanol–water partition coefficient (Wildman–Crippen LogP) is 3.23. The van der Waals surface area contributed by atoms with Gasteiger partial charge in [0.2, 0.25) is 0 Å². The molecule has 1 heterocycles. The lowest BCUT2D eigenvalue weighted by Crippen LogP contribution is -2.34. The Bertz CT molecular complexity index is 367. The molecule has 0 aliphatic heterocycles. The lowest BCUT2D eigenvalue weighted by molar-refractivity contribution is 0.526. The van der Waals surface area contributed by atoms with E-state index in [0.29, 0.717) is 10.8 Å². The highest BCUT2D eigenvalue weighted by molar-refractivity contribution is 8.00. The summed E-state index contributed by atoms with van der Waals surface area (Å²) in [5.41, 5.74) is 1.29. The van der Waals surface area contributed by atoms with Crippen LogP contribution in [0.3, 0.4) is 0 Å². The van der Waals surface area contributed by atoms with E-state index in [1.54, 1.807) is 0 Å². The molecule has 1 fully saturated rings. The second-order valence-electron chi connectivity index (χ2n) is 5.62. The second kappa shape index (κ2) is 6.11. The molecule has 2 rings (SSSR count). The van der Waals surface area contributed by atoms with E-state index in [4.69, 9.17) is 0 Å². The normalized spacial score (nSPS) is 18.7. The van der Waals surface area contributed by atoms with E-state index in [2.05, 4.69) is 36.7 Å². The summed E-state index contributed by atoms with van der Waals surface area (Å²) in [6, 6.07) is 0.450. The van der Waals surface area contributed by atoms with Gasteiger partial charge in [-0.25, -0.2) is 0 Å². The molecule has 0 saturated heterocycles. The average molecular weight is 267 g/mol. The van der Waals surface area contributed by atoms with Crippen molar-refractivity contribution in [2.75, 3.05) is 12.8 Å². The number of hydrogen-bond acceptors (Lipinski definition) is 3. The molecule has 3 nitrogen and oxygen atoms in total. The van der Waals surface area contributed by atoms with Crippen LogP contribution in [0.5, 0.6) is 0 Å². The first-order valence-electron chi connectivity index (χ1n) is 6.94. The first-order valence-corrected chi connectivity index (χ1v) is 8.17. The van der Waals surface area contributed by atoms with Gasteiger partial charge < -0.3 is 5.32 Å². The summed E-state index contributed by atoms with van der Waals surface area (Å²) >= 11 is 2.04. The van der Waals surface area contributed by atoms with E-state index in [1.165, 1.54) is 31.2 Å². The molecule has 1 aromatic heterocycles. The van der Waals surface area contributed by atoms with Crippen molar-refractivity contribution in [3.63, 3.8) is 0 Å².